The van der Waals surface area contributed by atoms with Crippen molar-refractivity contribution < 1.29 is 18.7 Å². The van der Waals surface area contributed by atoms with Crippen molar-refractivity contribution in [2.24, 2.45) is 0 Å². The molecule has 6 nitrogen and oxygen atoms in total. The maximum Gasteiger partial charge on any atom is 0.302 e. The third-order valence-electron chi connectivity index (χ3n) is 5.92. The number of aromatic nitrogens is 2. The number of halogens is 2. The smallest absolute Gasteiger partial charge is 0.302 e. The third-order valence-corrected chi connectivity index (χ3v) is 7.39. The first-order chi connectivity index (χ1) is 17.4. The fourth-order valence-electron chi connectivity index (χ4n) is 4.19. The molecule has 0 N–H and O–H groups in total. The fourth-order valence-corrected chi connectivity index (χ4v) is 5.64. The fraction of sp³-hybridized carbons (Fsp3) is 0.259. The number of carbonyl (C=O) groups excluding carboxylic acids is 1. The Morgan fingerprint density at radius 1 is 1.22 bits per heavy atom. The number of rotatable bonds is 8. The number of carbonyl (C=O) groups is 1. The van der Waals surface area contributed by atoms with Crippen molar-refractivity contribution in [3.05, 3.63) is 82.3 Å². The molecule has 1 aliphatic rings. The summed E-state index contributed by atoms with van der Waals surface area (Å²) >= 11 is 8.21. The Bertz CT molecular complexity index is 1400. The first kappa shape index (κ1) is 24.5. The Balaban J connectivity index is 1.29. The van der Waals surface area contributed by atoms with E-state index in [0.717, 1.165) is 42.3 Å². The summed E-state index contributed by atoms with van der Waals surface area (Å²) in [6.45, 7) is 5.96. The molecular formula is C27H25ClFN3O3S. The number of benzene rings is 2. The molecule has 1 fully saturated rings. The Morgan fingerprint density at radius 3 is 2.78 bits per heavy atom. The van der Waals surface area contributed by atoms with Gasteiger partial charge in [0.2, 0.25) is 0 Å². The summed E-state index contributed by atoms with van der Waals surface area (Å²) in [6, 6.07) is 13.6. The second-order valence-electron chi connectivity index (χ2n) is 8.69. The van der Waals surface area contributed by atoms with Crippen LogP contribution in [0.1, 0.15) is 24.3 Å². The van der Waals surface area contributed by atoms with Crippen LogP contribution in [0.4, 0.5) is 4.39 Å². The molecule has 186 valence electrons. The van der Waals surface area contributed by atoms with Crippen LogP contribution in [-0.4, -0.2) is 39.6 Å². The van der Waals surface area contributed by atoms with Gasteiger partial charge in [0.15, 0.2) is 0 Å². The van der Waals surface area contributed by atoms with Gasteiger partial charge in [0, 0.05) is 49.3 Å². The number of likely N-dealkylation sites (tertiary alicyclic amines) is 1. The Labute approximate surface area is 217 Å². The third kappa shape index (κ3) is 5.46. The summed E-state index contributed by atoms with van der Waals surface area (Å²) in [5.74, 6) is 0.237. The standard InChI is InChI=1S/C27H25ClFN3O3S/c1-3-18-9-23(14-31-12-22(13-31)34-17(2)33)36-27(18)32-15-25(30-16-32)19-7-8-26(24(28)10-19)35-21-6-4-5-20(29)11-21/h4-11,15-16,22H,3,12-14H2,1-2H3. The van der Waals surface area contributed by atoms with Gasteiger partial charge in [-0.2, -0.15) is 0 Å². The van der Waals surface area contributed by atoms with Gasteiger partial charge < -0.3 is 9.47 Å². The minimum atomic E-state index is -0.370. The Kier molecular flexibility index (Phi) is 7.09. The SMILES string of the molecule is CCc1cc(CN2CC(OC(C)=O)C2)sc1-n1cnc(-c2ccc(Oc3cccc(F)c3)c(Cl)c2)c1. The van der Waals surface area contributed by atoms with Gasteiger partial charge in [-0.1, -0.05) is 24.6 Å². The highest BCUT2D eigenvalue weighted by Gasteiger charge is 2.29. The zero-order chi connectivity index (χ0) is 25.2. The van der Waals surface area contributed by atoms with Crippen LogP contribution in [0.5, 0.6) is 11.5 Å². The van der Waals surface area contributed by atoms with E-state index in [-0.39, 0.29) is 17.9 Å². The molecule has 0 amide bonds. The van der Waals surface area contributed by atoms with Crippen LogP contribution in [0.3, 0.4) is 0 Å². The summed E-state index contributed by atoms with van der Waals surface area (Å²) in [4.78, 5) is 19.2. The highest BCUT2D eigenvalue weighted by atomic mass is 35.5. The molecule has 0 atom stereocenters. The second kappa shape index (κ2) is 10.4. The van der Waals surface area contributed by atoms with E-state index in [1.165, 1.54) is 29.5 Å². The highest BCUT2D eigenvalue weighted by molar-refractivity contribution is 7.14. The van der Waals surface area contributed by atoms with Crippen LogP contribution < -0.4 is 4.74 Å². The van der Waals surface area contributed by atoms with Crippen LogP contribution in [0.15, 0.2) is 61.1 Å². The molecule has 4 aromatic rings. The van der Waals surface area contributed by atoms with Gasteiger partial charge in [0.25, 0.3) is 0 Å². The van der Waals surface area contributed by atoms with Crippen molar-refractivity contribution in [2.75, 3.05) is 13.1 Å². The number of nitrogens with zero attached hydrogens (tertiary/aromatic N) is 3. The number of ether oxygens (including phenoxy) is 2. The molecule has 0 saturated carbocycles. The molecule has 5 rings (SSSR count). The maximum absolute atomic E-state index is 13.5. The number of hydrogen-bond acceptors (Lipinski definition) is 6. The molecule has 9 heteroatoms. The first-order valence-corrected chi connectivity index (χ1v) is 12.9. The van der Waals surface area contributed by atoms with Gasteiger partial charge >= 0.3 is 5.97 Å². The molecule has 1 saturated heterocycles. The van der Waals surface area contributed by atoms with Gasteiger partial charge in [-0.3, -0.25) is 14.3 Å². The molecular weight excluding hydrogens is 501 g/mol. The summed E-state index contributed by atoms with van der Waals surface area (Å²) < 4.78 is 26.5. The predicted molar refractivity (Wildman–Crippen MR) is 139 cm³/mol. The normalized spacial score (nSPS) is 14.0. The van der Waals surface area contributed by atoms with Crippen LogP contribution in [-0.2, 0) is 22.5 Å². The monoisotopic (exact) mass is 525 g/mol. The van der Waals surface area contributed by atoms with E-state index in [4.69, 9.17) is 21.1 Å². The molecule has 0 bridgehead atoms. The van der Waals surface area contributed by atoms with Crippen LogP contribution in [0.2, 0.25) is 5.02 Å². The minimum absolute atomic E-state index is 0.00116. The first-order valence-electron chi connectivity index (χ1n) is 11.7. The zero-order valence-electron chi connectivity index (χ0n) is 19.9. The van der Waals surface area contributed by atoms with E-state index in [1.54, 1.807) is 35.6 Å². The van der Waals surface area contributed by atoms with Crippen molar-refractivity contribution in [1.82, 2.24) is 14.5 Å². The maximum atomic E-state index is 13.5. The number of hydrogen-bond donors (Lipinski definition) is 0. The summed E-state index contributed by atoms with van der Waals surface area (Å²) in [5.41, 5.74) is 2.91. The number of esters is 1. The molecule has 0 spiro atoms. The lowest BCUT2D eigenvalue weighted by atomic mass is 10.1. The lowest BCUT2D eigenvalue weighted by Crippen LogP contribution is -2.51. The molecule has 0 aliphatic carbocycles. The van der Waals surface area contributed by atoms with Gasteiger partial charge in [-0.15, -0.1) is 11.3 Å². The van der Waals surface area contributed by atoms with Crippen LogP contribution in [0.25, 0.3) is 16.3 Å². The quantitative estimate of drug-likeness (QED) is 0.246. The van der Waals surface area contributed by atoms with Gasteiger partial charge in [-0.05, 0) is 48.4 Å². The van der Waals surface area contributed by atoms with Crippen molar-refractivity contribution >= 4 is 28.9 Å². The van der Waals surface area contributed by atoms with Crippen molar-refractivity contribution in [3.8, 4) is 27.8 Å². The van der Waals surface area contributed by atoms with Gasteiger partial charge in [0.1, 0.15) is 34.7 Å². The largest absolute Gasteiger partial charge is 0.460 e. The molecule has 36 heavy (non-hydrogen) atoms. The second-order valence-corrected chi connectivity index (χ2v) is 10.2. The number of imidazole rings is 1. The van der Waals surface area contributed by atoms with Crippen LogP contribution in [0, 0.1) is 5.82 Å². The Morgan fingerprint density at radius 2 is 2.06 bits per heavy atom. The predicted octanol–water partition coefficient (Wildman–Crippen LogP) is 6.50. The van der Waals surface area contributed by atoms with E-state index in [1.807, 2.05) is 23.2 Å². The van der Waals surface area contributed by atoms with E-state index >= 15 is 0 Å². The minimum Gasteiger partial charge on any atom is -0.460 e. The van der Waals surface area contributed by atoms with E-state index in [0.29, 0.717) is 16.5 Å². The lowest BCUT2D eigenvalue weighted by molar-refractivity contribution is -0.155. The molecule has 1 aliphatic heterocycles. The Hall–Kier alpha value is -3.20. The molecule has 2 aromatic heterocycles. The zero-order valence-corrected chi connectivity index (χ0v) is 21.5. The van der Waals surface area contributed by atoms with Crippen molar-refractivity contribution in [1.29, 1.82) is 0 Å². The summed E-state index contributed by atoms with van der Waals surface area (Å²) in [6.07, 6.45) is 4.72. The molecule has 0 radical (unpaired) electrons. The van der Waals surface area contributed by atoms with E-state index in [2.05, 4.69) is 22.9 Å². The van der Waals surface area contributed by atoms with E-state index in [9.17, 15) is 9.18 Å². The summed E-state index contributed by atoms with van der Waals surface area (Å²) in [7, 11) is 0. The average molecular weight is 526 g/mol. The lowest BCUT2D eigenvalue weighted by Gasteiger charge is -2.37. The molecule has 2 aromatic carbocycles. The van der Waals surface area contributed by atoms with Crippen molar-refractivity contribution in [2.45, 2.75) is 32.9 Å². The molecule has 0 unspecified atom stereocenters. The van der Waals surface area contributed by atoms with E-state index < -0.39 is 0 Å². The van der Waals surface area contributed by atoms with Gasteiger partial charge in [0.05, 0.1) is 10.7 Å². The van der Waals surface area contributed by atoms with Crippen LogP contribution >= 0.6 is 22.9 Å². The van der Waals surface area contributed by atoms with Gasteiger partial charge in [-0.25, -0.2) is 9.37 Å². The average Bonchev–Trinajstić information content (AvgIpc) is 3.46. The van der Waals surface area contributed by atoms with Crippen molar-refractivity contribution in [3.63, 3.8) is 0 Å². The number of thiophene rings is 1. The topological polar surface area (TPSA) is 56.6 Å². The molecule has 3 heterocycles. The highest BCUT2D eigenvalue weighted by Crippen LogP contribution is 2.34. The number of aryl methyl sites for hydroxylation is 1. The summed E-state index contributed by atoms with van der Waals surface area (Å²) in [5, 5.41) is 1.56.